The highest BCUT2D eigenvalue weighted by Crippen LogP contribution is 2.30. The lowest BCUT2D eigenvalue weighted by Gasteiger charge is -2.10. The highest BCUT2D eigenvalue weighted by atomic mass is 16.2. The molecule has 1 aromatic carbocycles. The smallest absolute Gasteiger partial charge is 0.227 e. The minimum absolute atomic E-state index is 0.143. The van der Waals surface area contributed by atoms with Crippen molar-refractivity contribution in [1.29, 1.82) is 0 Å². The predicted molar refractivity (Wildman–Crippen MR) is 69.7 cm³/mol. The molecule has 0 bridgehead atoms. The number of imidazole rings is 1. The lowest BCUT2D eigenvalue weighted by atomic mass is 10.1. The summed E-state index contributed by atoms with van der Waals surface area (Å²) >= 11 is 0. The van der Waals surface area contributed by atoms with Crippen LogP contribution in [0.1, 0.15) is 18.4 Å². The van der Waals surface area contributed by atoms with Crippen LogP contribution in [-0.4, -0.2) is 15.5 Å². The van der Waals surface area contributed by atoms with Crippen LogP contribution < -0.4 is 5.32 Å². The molecule has 1 saturated carbocycles. The van der Waals surface area contributed by atoms with Gasteiger partial charge in [0.05, 0.1) is 6.33 Å². The number of hydrogen-bond donors (Lipinski definition) is 1. The topological polar surface area (TPSA) is 46.9 Å². The molecular weight excluding hydrogens is 226 g/mol. The third-order valence-electron chi connectivity index (χ3n) is 3.20. The van der Waals surface area contributed by atoms with Crippen molar-refractivity contribution in [1.82, 2.24) is 9.55 Å². The van der Waals surface area contributed by atoms with Gasteiger partial charge in [0.25, 0.3) is 0 Å². The molecule has 1 amide bonds. The third kappa shape index (κ3) is 2.14. The largest absolute Gasteiger partial charge is 0.326 e. The van der Waals surface area contributed by atoms with Gasteiger partial charge in [-0.2, -0.15) is 0 Å². The van der Waals surface area contributed by atoms with Crippen LogP contribution in [-0.2, 0) is 4.79 Å². The molecule has 1 heterocycles. The van der Waals surface area contributed by atoms with Crippen LogP contribution >= 0.6 is 0 Å². The molecule has 1 aliphatic carbocycles. The summed E-state index contributed by atoms with van der Waals surface area (Å²) in [5.41, 5.74) is 3.06. The van der Waals surface area contributed by atoms with Crippen molar-refractivity contribution in [3.8, 4) is 5.69 Å². The standard InChI is InChI=1S/C14H15N3O/c1-10-8-12(16-14(18)11-2-3-11)4-5-13(10)17-7-6-15-9-17/h4-9,11H,2-3H2,1H3,(H,16,18). The average molecular weight is 241 g/mol. The molecule has 1 N–H and O–H groups in total. The number of nitrogens with one attached hydrogen (secondary N) is 1. The summed E-state index contributed by atoms with van der Waals surface area (Å²) in [7, 11) is 0. The van der Waals surface area contributed by atoms with Crippen molar-refractivity contribution < 1.29 is 4.79 Å². The molecule has 0 unspecified atom stereocenters. The van der Waals surface area contributed by atoms with E-state index in [0.717, 1.165) is 29.8 Å². The number of aromatic nitrogens is 2. The van der Waals surface area contributed by atoms with E-state index in [0.29, 0.717) is 0 Å². The summed E-state index contributed by atoms with van der Waals surface area (Å²) < 4.78 is 1.96. The Morgan fingerprint density at radius 1 is 1.44 bits per heavy atom. The number of carbonyl (C=O) groups excluding carboxylic acids is 1. The lowest BCUT2D eigenvalue weighted by molar-refractivity contribution is -0.117. The monoisotopic (exact) mass is 241 g/mol. The summed E-state index contributed by atoms with van der Waals surface area (Å²) in [4.78, 5) is 15.7. The van der Waals surface area contributed by atoms with Crippen molar-refractivity contribution in [3.63, 3.8) is 0 Å². The molecule has 0 saturated heterocycles. The summed E-state index contributed by atoms with van der Waals surface area (Å²) in [6, 6.07) is 5.93. The Bertz CT molecular complexity index is 571. The normalized spacial score (nSPS) is 14.5. The third-order valence-corrected chi connectivity index (χ3v) is 3.20. The fourth-order valence-corrected chi connectivity index (χ4v) is 2.01. The van der Waals surface area contributed by atoms with Gasteiger partial charge in [0.2, 0.25) is 5.91 Å². The van der Waals surface area contributed by atoms with Crippen LogP contribution in [0.5, 0.6) is 0 Å². The van der Waals surface area contributed by atoms with Gasteiger partial charge in [-0.1, -0.05) is 0 Å². The van der Waals surface area contributed by atoms with Gasteiger partial charge < -0.3 is 9.88 Å². The second kappa shape index (κ2) is 4.29. The van der Waals surface area contributed by atoms with Gasteiger partial charge in [0.15, 0.2) is 0 Å². The highest BCUT2D eigenvalue weighted by molar-refractivity contribution is 5.94. The molecule has 3 rings (SSSR count). The Balaban J connectivity index is 1.82. The van der Waals surface area contributed by atoms with E-state index in [1.807, 2.05) is 35.9 Å². The summed E-state index contributed by atoms with van der Waals surface area (Å²) in [5, 5.41) is 2.95. The van der Waals surface area contributed by atoms with Crippen LogP contribution in [0.15, 0.2) is 36.9 Å². The molecule has 1 aromatic heterocycles. The first-order valence-corrected chi connectivity index (χ1v) is 6.14. The molecule has 4 heteroatoms. The Morgan fingerprint density at radius 3 is 2.89 bits per heavy atom. The molecule has 18 heavy (non-hydrogen) atoms. The maximum Gasteiger partial charge on any atom is 0.227 e. The summed E-state index contributed by atoms with van der Waals surface area (Å²) in [6.07, 6.45) is 7.48. The Labute approximate surface area is 106 Å². The molecule has 4 nitrogen and oxygen atoms in total. The minimum atomic E-state index is 0.143. The maximum absolute atomic E-state index is 11.7. The fraction of sp³-hybridized carbons (Fsp3) is 0.286. The van der Waals surface area contributed by atoms with Crippen LogP contribution in [0.2, 0.25) is 0 Å². The number of rotatable bonds is 3. The second-order valence-corrected chi connectivity index (χ2v) is 4.73. The Morgan fingerprint density at radius 2 is 2.28 bits per heavy atom. The van der Waals surface area contributed by atoms with Crippen molar-refractivity contribution in [2.45, 2.75) is 19.8 Å². The molecule has 0 atom stereocenters. The van der Waals surface area contributed by atoms with E-state index in [-0.39, 0.29) is 11.8 Å². The van der Waals surface area contributed by atoms with Gasteiger partial charge in [0, 0.05) is 29.7 Å². The first-order valence-electron chi connectivity index (χ1n) is 6.14. The number of carbonyl (C=O) groups is 1. The molecule has 0 spiro atoms. The van der Waals surface area contributed by atoms with E-state index in [1.165, 1.54) is 0 Å². The summed E-state index contributed by atoms with van der Waals surface area (Å²) in [6.45, 7) is 2.03. The van der Waals surface area contributed by atoms with Gasteiger partial charge in [-0.15, -0.1) is 0 Å². The van der Waals surface area contributed by atoms with Crippen LogP contribution in [0, 0.1) is 12.8 Å². The number of nitrogens with zero attached hydrogens (tertiary/aromatic N) is 2. The molecule has 0 radical (unpaired) electrons. The van der Waals surface area contributed by atoms with Gasteiger partial charge in [-0.3, -0.25) is 4.79 Å². The van der Waals surface area contributed by atoms with E-state index >= 15 is 0 Å². The van der Waals surface area contributed by atoms with Gasteiger partial charge in [0.1, 0.15) is 0 Å². The number of benzene rings is 1. The number of anilines is 1. The first-order chi connectivity index (χ1) is 8.74. The van der Waals surface area contributed by atoms with Crippen molar-refractivity contribution in [2.24, 2.45) is 5.92 Å². The Kier molecular flexibility index (Phi) is 2.63. The average Bonchev–Trinajstić information content (AvgIpc) is 3.07. The molecule has 1 fully saturated rings. The van der Waals surface area contributed by atoms with Gasteiger partial charge >= 0.3 is 0 Å². The molecule has 2 aromatic rings. The zero-order valence-corrected chi connectivity index (χ0v) is 10.3. The van der Waals surface area contributed by atoms with Crippen LogP contribution in [0.3, 0.4) is 0 Å². The van der Waals surface area contributed by atoms with Crippen molar-refractivity contribution in [2.75, 3.05) is 5.32 Å². The van der Waals surface area contributed by atoms with Crippen LogP contribution in [0.4, 0.5) is 5.69 Å². The van der Waals surface area contributed by atoms with E-state index in [1.54, 1.807) is 12.5 Å². The van der Waals surface area contributed by atoms with E-state index in [4.69, 9.17) is 0 Å². The van der Waals surface area contributed by atoms with Crippen molar-refractivity contribution in [3.05, 3.63) is 42.5 Å². The molecule has 92 valence electrons. The fourth-order valence-electron chi connectivity index (χ4n) is 2.01. The minimum Gasteiger partial charge on any atom is -0.326 e. The quantitative estimate of drug-likeness (QED) is 0.897. The molecular formula is C14H15N3O. The summed E-state index contributed by atoms with van der Waals surface area (Å²) in [5.74, 6) is 0.378. The zero-order chi connectivity index (χ0) is 12.5. The van der Waals surface area contributed by atoms with Crippen molar-refractivity contribution >= 4 is 11.6 Å². The van der Waals surface area contributed by atoms with Gasteiger partial charge in [-0.05, 0) is 43.5 Å². The highest BCUT2D eigenvalue weighted by Gasteiger charge is 2.29. The van der Waals surface area contributed by atoms with E-state index in [9.17, 15) is 4.79 Å². The maximum atomic E-state index is 11.7. The number of amides is 1. The van der Waals surface area contributed by atoms with Crippen LogP contribution in [0.25, 0.3) is 5.69 Å². The van der Waals surface area contributed by atoms with E-state index in [2.05, 4.69) is 10.3 Å². The van der Waals surface area contributed by atoms with E-state index < -0.39 is 0 Å². The zero-order valence-electron chi connectivity index (χ0n) is 10.3. The lowest BCUT2D eigenvalue weighted by Crippen LogP contribution is -2.13. The Hall–Kier alpha value is -2.10. The molecule has 0 aliphatic heterocycles. The number of hydrogen-bond acceptors (Lipinski definition) is 2. The van der Waals surface area contributed by atoms with Gasteiger partial charge in [-0.25, -0.2) is 4.98 Å². The second-order valence-electron chi connectivity index (χ2n) is 4.73. The predicted octanol–water partition coefficient (Wildman–Crippen LogP) is 2.53. The number of aryl methyl sites for hydroxylation is 1. The molecule has 1 aliphatic rings. The first kappa shape index (κ1) is 11.0. The SMILES string of the molecule is Cc1cc(NC(=O)C2CC2)ccc1-n1ccnc1.